The van der Waals surface area contributed by atoms with E-state index < -0.39 is 6.10 Å². The van der Waals surface area contributed by atoms with Crippen LogP contribution in [0.2, 0.25) is 0 Å². The van der Waals surface area contributed by atoms with Gasteiger partial charge in [-0.15, -0.1) is 0 Å². The van der Waals surface area contributed by atoms with Crippen molar-refractivity contribution in [2.45, 2.75) is 45.9 Å². The molecule has 0 aliphatic rings. The van der Waals surface area contributed by atoms with Gasteiger partial charge in [0, 0.05) is 25.1 Å². The largest absolute Gasteiger partial charge is 0.491 e. The zero-order valence-corrected chi connectivity index (χ0v) is 18.8. The van der Waals surface area contributed by atoms with Crippen molar-refractivity contribution in [2.75, 3.05) is 6.54 Å². The molecule has 1 heterocycles. The fourth-order valence-corrected chi connectivity index (χ4v) is 3.45. The monoisotopic (exact) mass is 440 g/mol. The highest BCUT2D eigenvalue weighted by Gasteiger charge is 2.13. The Balaban J connectivity index is 1.57. The molecule has 0 spiro atoms. The first-order valence-electron chi connectivity index (χ1n) is 10.3. The summed E-state index contributed by atoms with van der Waals surface area (Å²) in [5, 5.41) is 20.3. The highest BCUT2D eigenvalue weighted by molar-refractivity contribution is 7.71. The van der Waals surface area contributed by atoms with E-state index >= 15 is 0 Å². The summed E-state index contributed by atoms with van der Waals surface area (Å²) in [5.41, 5.74) is 2.75. The van der Waals surface area contributed by atoms with Crippen LogP contribution in [0.5, 0.6) is 5.75 Å². The number of carbonyl (C=O) groups is 1. The summed E-state index contributed by atoms with van der Waals surface area (Å²) in [6.07, 6.45) is -0.555. The number of H-pyrrole nitrogens is 1. The number of aliphatic hydroxyl groups is 1. The van der Waals surface area contributed by atoms with Gasteiger partial charge in [-0.05, 0) is 56.8 Å². The number of rotatable bonds is 9. The first-order valence-corrected chi connectivity index (χ1v) is 10.7. The standard InChI is InChI=1S/C23H28N4O3S/c1-15(2)30-19-9-5-7-17(13-19)20(28)14-24-21(29)10-11-27-22(25-26-23(27)31)18-8-4-6-16(3)12-18/h4-9,12-13,15,20,28H,10-11,14H2,1-3H3,(H,24,29)(H,26,31). The number of ether oxygens (including phenoxy) is 1. The molecule has 2 aromatic carbocycles. The summed E-state index contributed by atoms with van der Waals surface area (Å²) >= 11 is 5.33. The summed E-state index contributed by atoms with van der Waals surface area (Å²) in [6, 6.07) is 15.2. The van der Waals surface area contributed by atoms with Crippen LogP contribution in [-0.2, 0) is 11.3 Å². The molecule has 1 unspecified atom stereocenters. The second kappa shape index (κ2) is 10.4. The third-order valence-corrected chi connectivity index (χ3v) is 5.02. The van der Waals surface area contributed by atoms with E-state index in [4.69, 9.17) is 17.0 Å². The Morgan fingerprint density at radius 3 is 2.77 bits per heavy atom. The van der Waals surface area contributed by atoms with Crippen molar-refractivity contribution in [1.82, 2.24) is 20.1 Å². The van der Waals surface area contributed by atoms with Crippen molar-refractivity contribution in [2.24, 2.45) is 0 Å². The van der Waals surface area contributed by atoms with Crippen molar-refractivity contribution in [3.63, 3.8) is 0 Å². The number of nitrogens with zero attached hydrogens (tertiary/aromatic N) is 2. The Hall–Kier alpha value is -2.97. The molecule has 0 aliphatic heterocycles. The molecule has 0 fully saturated rings. The molecule has 0 saturated heterocycles. The van der Waals surface area contributed by atoms with Gasteiger partial charge in [-0.2, -0.15) is 5.10 Å². The van der Waals surface area contributed by atoms with Crippen LogP contribution in [-0.4, -0.2) is 38.4 Å². The third-order valence-electron chi connectivity index (χ3n) is 4.70. The fraction of sp³-hybridized carbons (Fsp3) is 0.348. The molecule has 1 aromatic heterocycles. The van der Waals surface area contributed by atoms with Crippen LogP contribution < -0.4 is 10.1 Å². The van der Waals surface area contributed by atoms with Crippen molar-refractivity contribution in [1.29, 1.82) is 0 Å². The summed E-state index contributed by atoms with van der Waals surface area (Å²) in [5.74, 6) is 1.21. The molecule has 7 nitrogen and oxygen atoms in total. The minimum atomic E-state index is -0.821. The number of aromatic amines is 1. The van der Waals surface area contributed by atoms with E-state index in [1.165, 1.54) is 0 Å². The van der Waals surface area contributed by atoms with Gasteiger partial charge in [0.2, 0.25) is 5.91 Å². The maximum Gasteiger partial charge on any atom is 0.221 e. The predicted molar refractivity (Wildman–Crippen MR) is 122 cm³/mol. The van der Waals surface area contributed by atoms with Gasteiger partial charge < -0.3 is 15.2 Å². The summed E-state index contributed by atoms with van der Waals surface area (Å²) in [6.45, 7) is 6.40. The molecule has 31 heavy (non-hydrogen) atoms. The van der Waals surface area contributed by atoms with Gasteiger partial charge in [-0.3, -0.25) is 14.5 Å². The Kier molecular flexibility index (Phi) is 7.59. The van der Waals surface area contributed by atoms with E-state index in [1.54, 1.807) is 6.07 Å². The Labute approximate surface area is 187 Å². The van der Waals surface area contributed by atoms with Gasteiger partial charge in [0.05, 0.1) is 12.2 Å². The van der Waals surface area contributed by atoms with Gasteiger partial charge in [0.25, 0.3) is 0 Å². The van der Waals surface area contributed by atoms with E-state index in [0.29, 0.717) is 28.5 Å². The lowest BCUT2D eigenvalue weighted by molar-refractivity contribution is -0.121. The van der Waals surface area contributed by atoms with E-state index in [-0.39, 0.29) is 25.0 Å². The lowest BCUT2D eigenvalue weighted by atomic mass is 10.1. The topological polar surface area (TPSA) is 92.2 Å². The second-order valence-electron chi connectivity index (χ2n) is 7.68. The average molecular weight is 441 g/mol. The minimum Gasteiger partial charge on any atom is -0.491 e. The number of aromatic nitrogens is 3. The van der Waals surface area contributed by atoms with Crippen LogP contribution in [0.1, 0.15) is 37.5 Å². The Bertz CT molecular complexity index is 1090. The zero-order valence-electron chi connectivity index (χ0n) is 18.0. The SMILES string of the molecule is Cc1cccc(-c2n[nH]c(=S)n2CCC(=O)NCC(O)c2cccc(OC(C)C)c2)c1. The molecule has 0 aliphatic carbocycles. The Morgan fingerprint density at radius 1 is 1.26 bits per heavy atom. The molecule has 1 atom stereocenters. The van der Waals surface area contributed by atoms with E-state index in [1.807, 2.05) is 67.8 Å². The summed E-state index contributed by atoms with van der Waals surface area (Å²) < 4.78 is 7.93. The van der Waals surface area contributed by atoms with Gasteiger partial charge in [0.15, 0.2) is 10.6 Å². The number of amides is 1. The maximum atomic E-state index is 12.4. The predicted octanol–water partition coefficient (Wildman–Crippen LogP) is 3.94. The highest BCUT2D eigenvalue weighted by Crippen LogP contribution is 2.21. The van der Waals surface area contributed by atoms with Gasteiger partial charge in [-0.1, -0.05) is 35.9 Å². The van der Waals surface area contributed by atoms with Crippen LogP contribution in [0, 0.1) is 11.7 Å². The highest BCUT2D eigenvalue weighted by atomic mass is 32.1. The smallest absolute Gasteiger partial charge is 0.221 e. The quantitative estimate of drug-likeness (QED) is 0.438. The molecule has 0 saturated carbocycles. The normalized spacial score (nSPS) is 12.0. The molecule has 3 rings (SSSR count). The number of nitrogens with one attached hydrogen (secondary N) is 2. The third kappa shape index (κ3) is 6.26. The zero-order chi connectivity index (χ0) is 22.4. The molecule has 8 heteroatoms. The van der Waals surface area contributed by atoms with E-state index in [2.05, 4.69) is 15.5 Å². The molecule has 1 amide bonds. The first kappa shape index (κ1) is 22.7. The number of hydrogen-bond acceptors (Lipinski definition) is 5. The molecular weight excluding hydrogens is 412 g/mol. The maximum absolute atomic E-state index is 12.4. The van der Waals surface area contributed by atoms with E-state index in [0.717, 1.165) is 11.1 Å². The number of hydrogen-bond donors (Lipinski definition) is 3. The number of aryl methyl sites for hydroxylation is 1. The van der Waals surface area contributed by atoms with Gasteiger partial charge in [0.1, 0.15) is 5.75 Å². The summed E-state index contributed by atoms with van der Waals surface area (Å²) in [4.78, 5) is 12.4. The van der Waals surface area contributed by atoms with E-state index in [9.17, 15) is 9.90 Å². The van der Waals surface area contributed by atoms with Crippen molar-refractivity contribution < 1.29 is 14.6 Å². The lowest BCUT2D eigenvalue weighted by Crippen LogP contribution is -2.29. The lowest BCUT2D eigenvalue weighted by Gasteiger charge is -2.15. The minimum absolute atomic E-state index is 0.0477. The number of aliphatic hydroxyl groups excluding tert-OH is 1. The van der Waals surface area contributed by atoms with Gasteiger partial charge >= 0.3 is 0 Å². The van der Waals surface area contributed by atoms with Crippen LogP contribution in [0.4, 0.5) is 0 Å². The molecule has 3 aromatic rings. The Morgan fingerprint density at radius 2 is 2.03 bits per heavy atom. The molecule has 0 radical (unpaired) electrons. The number of carbonyl (C=O) groups excluding carboxylic acids is 1. The first-order chi connectivity index (χ1) is 14.8. The molecular formula is C23H28N4O3S. The van der Waals surface area contributed by atoms with Crippen LogP contribution >= 0.6 is 12.2 Å². The summed E-state index contributed by atoms with van der Waals surface area (Å²) in [7, 11) is 0. The fourth-order valence-electron chi connectivity index (χ4n) is 3.23. The molecule has 164 valence electrons. The van der Waals surface area contributed by atoms with Crippen LogP contribution in [0.3, 0.4) is 0 Å². The van der Waals surface area contributed by atoms with Crippen molar-refractivity contribution in [3.8, 4) is 17.1 Å². The average Bonchev–Trinajstić information content (AvgIpc) is 3.10. The molecule has 3 N–H and O–H groups in total. The van der Waals surface area contributed by atoms with Crippen LogP contribution in [0.25, 0.3) is 11.4 Å². The van der Waals surface area contributed by atoms with Crippen LogP contribution in [0.15, 0.2) is 48.5 Å². The molecule has 0 bridgehead atoms. The number of benzene rings is 2. The second-order valence-corrected chi connectivity index (χ2v) is 8.07. The van der Waals surface area contributed by atoms with Crippen molar-refractivity contribution in [3.05, 3.63) is 64.4 Å². The van der Waals surface area contributed by atoms with Crippen molar-refractivity contribution >= 4 is 18.1 Å². The van der Waals surface area contributed by atoms with Gasteiger partial charge in [-0.25, -0.2) is 0 Å².